The molecular weight excluding hydrogens is 346 g/mol. The average Bonchev–Trinajstić information content (AvgIpc) is 3.08. The number of nitrogens with zero attached hydrogens (tertiary/aromatic N) is 3. The first kappa shape index (κ1) is 18.5. The van der Waals surface area contributed by atoms with Crippen molar-refractivity contribution in [1.82, 2.24) is 19.5 Å². The Labute approximate surface area is 152 Å². The predicted octanol–water partition coefficient (Wildman–Crippen LogP) is -0.789. The molecule has 2 rings (SSSR count). The van der Waals surface area contributed by atoms with Crippen molar-refractivity contribution in [2.24, 2.45) is 5.92 Å². The highest BCUT2D eigenvalue weighted by Crippen LogP contribution is 2.17. The molecular formula is C15H25N5O6. The summed E-state index contributed by atoms with van der Waals surface area (Å²) in [5, 5.41) is 24.7. The molecule has 0 aromatic carbocycles. The van der Waals surface area contributed by atoms with E-state index in [1.165, 1.54) is 18.0 Å². The molecule has 2 aromatic rings. The molecule has 0 unspecified atom stereocenters. The normalized spacial score (nSPS) is 14.2. The molecule has 0 saturated carbocycles. The third-order valence-corrected chi connectivity index (χ3v) is 3.22. The van der Waals surface area contributed by atoms with Gasteiger partial charge in [-0.1, -0.05) is 13.8 Å². The van der Waals surface area contributed by atoms with Crippen LogP contribution >= 0.6 is 0 Å². The first-order valence-electron chi connectivity index (χ1n) is 8.87. The molecule has 0 bridgehead atoms. The molecule has 0 radical (unpaired) electrons. The van der Waals surface area contributed by atoms with Crippen molar-refractivity contribution in [1.29, 1.82) is 1.43 Å². The van der Waals surface area contributed by atoms with Crippen molar-refractivity contribution in [3.63, 3.8) is 0 Å². The van der Waals surface area contributed by atoms with Crippen molar-refractivity contribution in [3.8, 4) is 0 Å². The van der Waals surface area contributed by atoms with Gasteiger partial charge in [-0.15, -0.1) is 0 Å². The first-order valence-corrected chi connectivity index (χ1v) is 7.76. The average molecular weight is 374 g/mol. The second-order valence-electron chi connectivity index (χ2n) is 5.46. The van der Waals surface area contributed by atoms with Gasteiger partial charge >= 0.3 is 0 Å². The van der Waals surface area contributed by atoms with Crippen LogP contribution in [0.3, 0.4) is 0 Å². The third-order valence-electron chi connectivity index (χ3n) is 3.22. The number of nitrogens with one attached hydrogen (secondary N) is 2. The van der Waals surface area contributed by atoms with Gasteiger partial charge in [0.1, 0.15) is 0 Å². The summed E-state index contributed by atoms with van der Waals surface area (Å²) in [4.78, 5) is 34.4. The van der Waals surface area contributed by atoms with Crippen LogP contribution in [-0.4, -0.2) is 68.6 Å². The Bertz CT molecular complexity index is 808. The number of ether oxygens (including phenoxy) is 1. The first-order chi connectivity index (χ1) is 13.3. The molecule has 0 aliphatic heterocycles. The number of imidazole rings is 1. The second-order valence-corrected chi connectivity index (χ2v) is 5.46. The molecule has 0 aliphatic rings. The molecule has 5 N–H and O–H groups in total. The lowest BCUT2D eigenvalue weighted by atomic mass is 10.2. The van der Waals surface area contributed by atoms with E-state index in [2.05, 4.69) is 25.4 Å². The summed E-state index contributed by atoms with van der Waals surface area (Å²) in [6, 6.07) is 0. The number of aliphatic hydroxyl groups is 3. The molecule has 0 spiro atoms. The summed E-state index contributed by atoms with van der Waals surface area (Å²) in [6.45, 7) is 2.31. The number of rotatable bonds is 7. The summed E-state index contributed by atoms with van der Waals surface area (Å²) in [5.41, 5.74) is -0.446. The van der Waals surface area contributed by atoms with E-state index in [1.54, 1.807) is 13.8 Å². The number of amides is 1. The SMILES string of the molecule is [2H]C[C@H](CO)O[C@H](CO)n1cnc2c(=O)[nH]c(NC(=O)C(C)C)nc21.[3H]OC. The van der Waals surface area contributed by atoms with Gasteiger partial charge in [0.2, 0.25) is 13.3 Å². The fourth-order valence-corrected chi connectivity index (χ4v) is 1.92. The van der Waals surface area contributed by atoms with Crippen LogP contribution in [0.4, 0.5) is 5.95 Å². The molecule has 11 heteroatoms. The second kappa shape index (κ2) is 9.97. The number of fused-ring (bicyclic) bond motifs is 1. The molecule has 146 valence electrons. The van der Waals surface area contributed by atoms with E-state index in [0.717, 1.165) is 0 Å². The number of aromatic nitrogens is 4. The van der Waals surface area contributed by atoms with E-state index in [9.17, 15) is 14.7 Å². The van der Waals surface area contributed by atoms with Crippen molar-refractivity contribution < 1.29 is 26.2 Å². The van der Waals surface area contributed by atoms with Crippen molar-refractivity contribution in [2.45, 2.75) is 33.1 Å². The van der Waals surface area contributed by atoms with Gasteiger partial charge in [-0.05, 0) is 6.90 Å². The van der Waals surface area contributed by atoms with E-state index < -0.39 is 31.1 Å². The largest absolute Gasteiger partial charge is 0.400 e. The molecule has 2 atom stereocenters. The van der Waals surface area contributed by atoms with Crippen LogP contribution in [0, 0.1) is 5.92 Å². The number of aliphatic hydroxyl groups excluding tert-OH is 3. The molecule has 11 nitrogen and oxygen atoms in total. The Hall–Kier alpha value is -2.34. The number of H-pyrrole nitrogens is 1. The van der Waals surface area contributed by atoms with Gasteiger partial charge < -0.3 is 20.1 Å². The number of anilines is 1. The minimum Gasteiger partial charge on any atom is -0.400 e. The highest BCUT2D eigenvalue weighted by atomic mass is 16.5. The van der Waals surface area contributed by atoms with Crippen molar-refractivity contribution in [2.75, 3.05) is 25.6 Å². The molecule has 0 saturated heterocycles. The Morgan fingerprint density at radius 3 is 2.77 bits per heavy atom. The lowest BCUT2D eigenvalue weighted by Gasteiger charge is -2.20. The Morgan fingerprint density at radius 2 is 2.23 bits per heavy atom. The Balaban J connectivity index is 0.00000122. The zero-order valence-corrected chi connectivity index (χ0v) is 14.8. The Kier molecular flexibility index (Phi) is 7.07. The van der Waals surface area contributed by atoms with E-state index in [0.29, 0.717) is 0 Å². The quantitative estimate of drug-likeness (QED) is 0.421. The van der Waals surface area contributed by atoms with Gasteiger partial charge in [-0.25, -0.2) is 4.98 Å². The fraction of sp³-hybridized carbons (Fsp3) is 0.600. The van der Waals surface area contributed by atoms with Crippen LogP contribution in [0.1, 0.15) is 28.3 Å². The number of aromatic amines is 1. The zero-order valence-electron chi connectivity index (χ0n) is 16.8. The van der Waals surface area contributed by atoms with Gasteiger partial charge in [0.05, 0.1) is 25.6 Å². The zero-order chi connectivity index (χ0) is 21.3. The summed E-state index contributed by atoms with van der Waals surface area (Å²) in [7, 11) is 1.29. The maximum Gasteiger partial charge on any atom is 0.280 e. The number of hydrogen-bond donors (Lipinski definition) is 5. The smallest absolute Gasteiger partial charge is 0.280 e. The van der Waals surface area contributed by atoms with Crippen LogP contribution in [0.2, 0.25) is 0 Å². The van der Waals surface area contributed by atoms with E-state index in [-0.39, 0.29) is 35.8 Å². The maximum absolute atomic E-state index is 12.1. The molecule has 26 heavy (non-hydrogen) atoms. The number of hydrogen-bond acceptors (Lipinski definition) is 8. The van der Waals surface area contributed by atoms with Crippen molar-refractivity contribution >= 4 is 23.0 Å². The summed E-state index contributed by atoms with van der Waals surface area (Å²) < 4.78 is 19.8. The topological polar surface area (TPSA) is 163 Å². The molecule has 1 amide bonds. The van der Waals surface area contributed by atoms with Gasteiger partial charge in [0, 0.05) is 14.4 Å². The standard InChI is InChI=1S/C14H21N5O5.CH4O/c1-7(2)12(22)17-14-16-11-10(13(23)18-14)15-6-19(11)9(5-21)24-8(3)4-20;1-2/h6-9,20-21H,4-5H2,1-3H3,(H2,16,17,18,22,23);2H,1H3/t8-,9-;/m1./s1/i3D;2T. The fourth-order valence-electron chi connectivity index (χ4n) is 1.92. The highest BCUT2D eigenvalue weighted by Gasteiger charge is 2.20. The molecule has 0 fully saturated rings. The summed E-state index contributed by atoms with van der Waals surface area (Å²) in [5.74, 6) is -0.672. The van der Waals surface area contributed by atoms with Gasteiger partial charge in [0.15, 0.2) is 17.4 Å². The van der Waals surface area contributed by atoms with Crippen LogP contribution in [-0.2, 0) is 9.53 Å². The summed E-state index contributed by atoms with van der Waals surface area (Å²) >= 11 is 0. The maximum atomic E-state index is 12.1. The van der Waals surface area contributed by atoms with E-state index in [1.807, 2.05) is 0 Å². The lowest BCUT2D eigenvalue weighted by molar-refractivity contribution is -0.118. The van der Waals surface area contributed by atoms with Crippen molar-refractivity contribution in [3.05, 3.63) is 16.7 Å². The molecule has 0 aliphatic carbocycles. The molecule has 2 aromatic heterocycles. The highest BCUT2D eigenvalue weighted by molar-refractivity contribution is 5.91. The van der Waals surface area contributed by atoms with Gasteiger partial charge in [-0.3, -0.25) is 24.5 Å². The number of carbonyl (C=O) groups excluding carboxylic acids is 1. The van der Waals surface area contributed by atoms with E-state index >= 15 is 0 Å². The van der Waals surface area contributed by atoms with Crippen LogP contribution in [0.5, 0.6) is 0 Å². The minimum atomic E-state index is -0.990. The Morgan fingerprint density at radius 1 is 1.54 bits per heavy atom. The van der Waals surface area contributed by atoms with E-state index in [4.69, 9.17) is 12.6 Å². The third kappa shape index (κ3) is 5.08. The summed E-state index contributed by atoms with van der Waals surface area (Å²) in [6.07, 6.45) is -0.535. The number of carbonyl (C=O) groups is 1. The van der Waals surface area contributed by atoms with Crippen LogP contribution in [0.15, 0.2) is 11.1 Å². The predicted molar refractivity (Wildman–Crippen MR) is 93.5 cm³/mol. The monoisotopic (exact) mass is 374 g/mol. The van der Waals surface area contributed by atoms with Crippen LogP contribution in [0.25, 0.3) is 11.2 Å². The van der Waals surface area contributed by atoms with Crippen LogP contribution < -0.4 is 10.9 Å². The minimum absolute atomic E-state index is 0.0102. The van der Waals surface area contributed by atoms with Gasteiger partial charge in [-0.2, -0.15) is 4.98 Å². The molecule has 2 heterocycles. The lowest BCUT2D eigenvalue weighted by Crippen LogP contribution is -2.25. The van der Waals surface area contributed by atoms with Gasteiger partial charge in [0.25, 0.3) is 5.56 Å².